The van der Waals surface area contributed by atoms with Crippen LogP contribution in [-0.2, 0) is 11.7 Å². The molecule has 5 heteroatoms. The second-order valence-corrected chi connectivity index (χ2v) is 5.37. The molecule has 0 aliphatic heterocycles. The first kappa shape index (κ1) is 16.5. The Kier molecular flexibility index (Phi) is 4.86. The fourth-order valence-electron chi connectivity index (χ4n) is 2.51. The molecule has 2 N–H and O–H groups in total. The second kappa shape index (κ2) is 6.48. The highest BCUT2D eigenvalue weighted by Crippen LogP contribution is 2.35. The number of rotatable bonds is 5. The molecule has 2 nitrogen and oxygen atoms in total. The molecule has 0 aliphatic carbocycles. The van der Waals surface area contributed by atoms with E-state index in [1.165, 1.54) is 6.20 Å². The fourth-order valence-corrected chi connectivity index (χ4v) is 2.51. The van der Waals surface area contributed by atoms with Gasteiger partial charge in [-0.05, 0) is 29.7 Å². The third-order valence-corrected chi connectivity index (χ3v) is 3.78. The minimum Gasteiger partial charge on any atom is -0.318 e. The molecule has 0 aliphatic rings. The summed E-state index contributed by atoms with van der Waals surface area (Å²) >= 11 is 0. The molecule has 0 amide bonds. The van der Waals surface area contributed by atoms with Crippen LogP contribution in [0.2, 0.25) is 0 Å². The molecule has 1 aromatic heterocycles. The van der Waals surface area contributed by atoms with Gasteiger partial charge in [0.25, 0.3) is 0 Å². The average molecular weight is 308 g/mol. The maximum Gasteiger partial charge on any atom is 0.433 e. The van der Waals surface area contributed by atoms with Gasteiger partial charge < -0.3 is 5.73 Å². The molecule has 0 saturated heterocycles. The van der Waals surface area contributed by atoms with E-state index >= 15 is 0 Å². The Morgan fingerprint density at radius 1 is 1.05 bits per heavy atom. The van der Waals surface area contributed by atoms with Gasteiger partial charge in [0.1, 0.15) is 5.69 Å². The second-order valence-electron chi connectivity index (χ2n) is 5.37. The van der Waals surface area contributed by atoms with Crippen LogP contribution < -0.4 is 5.73 Å². The molecule has 2 aromatic rings. The number of hydrogen-bond acceptors (Lipinski definition) is 2. The largest absolute Gasteiger partial charge is 0.433 e. The lowest BCUT2D eigenvalue weighted by Gasteiger charge is -2.31. The Balaban J connectivity index is 2.50. The number of nitrogens with two attached hydrogens (primary N) is 1. The van der Waals surface area contributed by atoms with Gasteiger partial charge >= 0.3 is 6.18 Å². The van der Waals surface area contributed by atoms with Crippen LogP contribution in [0.4, 0.5) is 13.2 Å². The normalized spacial score (nSPS) is 14.6. The van der Waals surface area contributed by atoms with Crippen molar-refractivity contribution in [1.82, 2.24) is 4.98 Å². The van der Waals surface area contributed by atoms with E-state index in [1.54, 1.807) is 6.07 Å². The van der Waals surface area contributed by atoms with Crippen LogP contribution in [-0.4, -0.2) is 4.98 Å². The fraction of sp³-hybridized carbons (Fsp3) is 0.353. The SMILES string of the molecule is CCCCC(N)(c1ccccc1)c1ccnc(C(F)(F)F)c1. The average Bonchev–Trinajstić information content (AvgIpc) is 2.53. The van der Waals surface area contributed by atoms with Crippen LogP contribution in [0.25, 0.3) is 0 Å². The van der Waals surface area contributed by atoms with Crippen LogP contribution in [0.3, 0.4) is 0 Å². The Morgan fingerprint density at radius 3 is 2.32 bits per heavy atom. The Morgan fingerprint density at radius 2 is 1.73 bits per heavy atom. The van der Waals surface area contributed by atoms with Crippen molar-refractivity contribution in [3.63, 3.8) is 0 Å². The van der Waals surface area contributed by atoms with E-state index in [0.717, 1.165) is 24.5 Å². The number of aromatic nitrogens is 1. The lowest BCUT2D eigenvalue weighted by molar-refractivity contribution is -0.141. The summed E-state index contributed by atoms with van der Waals surface area (Å²) < 4.78 is 38.7. The molecular formula is C17H19F3N2. The van der Waals surface area contributed by atoms with Gasteiger partial charge in [0.2, 0.25) is 0 Å². The molecule has 1 aromatic carbocycles. The van der Waals surface area contributed by atoms with Crippen molar-refractivity contribution in [2.24, 2.45) is 5.73 Å². The molecule has 0 fully saturated rings. The smallest absolute Gasteiger partial charge is 0.318 e. The summed E-state index contributed by atoms with van der Waals surface area (Å²) in [5, 5.41) is 0. The van der Waals surface area contributed by atoms with Gasteiger partial charge in [-0.2, -0.15) is 13.2 Å². The van der Waals surface area contributed by atoms with Crippen molar-refractivity contribution >= 4 is 0 Å². The Hall–Kier alpha value is -1.88. The summed E-state index contributed by atoms with van der Waals surface area (Å²) in [6.45, 7) is 2.03. The standard InChI is InChI=1S/C17H19F3N2/c1-2-3-10-16(21,13-7-5-4-6-8-13)14-9-11-22-15(12-14)17(18,19)20/h4-9,11-12H,2-3,10,21H2,1H3. The quantitative estimate of drug-likeness (QED) is 0.883. The number of nitrogens with zero attached hydrogens (tertiary/aromatic N) is 1. The third-order valence-electron chi connectivity index (χ3n) is 3.78. The van der Waals surface area contributed by atoms with E-state index in [1.807, 2.05) is 37.3 Å². The Labute approximate surface area is 128 Å². The first-order valence-corrected chi connectivity index (χ1v) is 7.26. The topological polar surface area (TPSA) is 38.9 Å². The number of hydrogen-bond donors (Lipinski definition) is 1. The van der Waals surface area contributed by atoms with Crippen molar-refractivity contribution in [2.45, 2.75) is 37.9 Å². The summed E-state index contributed by atoms with van der Waals surface area (Å²) in [6, 6.07) is 11.9. The number of halogens is 3. The highest BCUT2D eigenvalue weighted by Gasteiger charge is 2.35. The number of unbranched alkanes of at least 4 members (excludes halogenated alkanes) is 1. The predicted molar refractivity (Wildman–Crippen MR) is 80.2 cm³/mol. The van der Waals surface area contributed by atoms with Crippen molar-refractivity contribution in [3.05, 3.63) is 65.5 Å². The van der Waals surface area contributed by atoms with E-state index in [0.29, 0.717) is 12.0 Å². The zero-order valence-corrected chi connectivity index (χ0v) is 12.4. The molecule has 1 unspecified atom stereocenters. The van der Waals surface area contributed by atoms with Gasteiger partial charge in [0.05, 0.1) is 5.54 Å². The van der Waals surface area contributed by atoms with E-state index in [-0.39, 0.29) is 0 Å². The summed E-state index contributed by atoms with van der Waals surface area (Å²) in [5.74, 6) is 0. The van der Waals surface area contributed by atoms with Crippen molar-refractivity contribution in [1.29, 1.82) is 0 Å². The Bertz CT molecular complexity index is 611. The van der Waals surface area contributed by atoms with Crippen LogP contribution in [0, 0.1) is 0 Å². The first-order chi connectivity index (χ1) is 10.4. The summed E-state index contributed by atoms with van der Waals surface area (Å²) in [5.41, 5.74) is 5.94. The molecule has 0 spiro atoms. The maximum absolute atomic E-state index is 12.9. The molecule has 1 atom stereocenters. The van der Waals surface area contributed by atoms with E-state index in [4.69, 9.17) is 5.73 Å². The zero-order chi connectivity index (χ0) is 16.2. The van der Waals surface area contributed by atoms with Gasteiger partial charge in [-0.1, -0.05) is 50.1 Å². The van der Waals surface area contributed by atoms with Crippen molar-refractivity contribution < 1.29 is 13.2 Å². The number of alkyl halides is 3. The van der Waals surface area contributed by atoms with Gasteiger partial charge in [-0.3, -0.25) is 4.98 Å². The van der Waals surface area contributed by atoms with Crippen LogP contribution >= 0.6 is 0 Å². The van der Waals surface area contributed by atoms with Crippen LogP contribution in [0.1, 0.15) is 43.0 Å². The molecule has 22 heavy (non-hydrogen) atoms. The molecule has 118 valence electrons. The van der Waals surface area contributed by atoms with Crippen LogP contribution in [0.5, 0.6) is 0 Å². The molecular weight excluding hydrogens is 289 g/mol. The molecule has 1 heterocycles. The summed E-state index contributed by atoms with van der Waals surface area (Å²) in [7, 11) is 0. The van der Waals surface area contributed by atoms with Gasteiger partial charge in [0, 0.05) is 6.20 Å². The van der Waals surface area contributed by atoms with Gasteiger partial charge in [-0.15, -0.1) is 0 Å². The van der Waals surface area contributed by atoms with E-state index in [2.05, 4.69) is 4.98 Å². The van der Waals surface area contributed by atoms with Gasteiger partial charge in [-0.25, -0.2) is 0 Å². The molecule has 0 saturated carbocycles. The van der Waals surface area contributed by atoms with E-state index < -0.39 is 17.4 Å². The third kappa shape index (κ3) is 3.47. The maximum atomic E-state index is 12.9. The minimum absolute atomic E-state index is 0.439. The molecule has 0 radical (unpaired) electrons. The molecule has 0 bridgehead atoms. The lowest BCUT2D eigenvalue weighted by Crippen LogP contribution is -2.38. The number of pyridine rings is 1. The van der Waals surface area contributed by atoms with Gasteiger partial charge in [0.15, 0.2) is 0 Å². The van der Waals surface area contributed by atoms with Crippen LogP contribution in [0.15, 0.2) is 48.7 Å². The predicted octanol–water partition coefficient (Wildman–Crippen LogP) is 4.49. The molecule has 2 rings (SSSR count). The lowest BCUT2D eigenvalue weighted by atomic mass is 9.80. The zero-order valence-electron chi connectivity index (χ0n) is 12.4. The summed E-state index contributed by atoms with van der Waals surface area (Å²) in [6.07, 6.45) is -0.972. The van der Waals surface area contributed by atoms with Crippen molar-refractivity contribution in [3.8, 4) is 0 Å². The van der Waals surface area contributed by atoms with Crippen molar-refractivity contribution in [2.75, 3.05) is 0 Å². The summed E-state index contributed by atoms with van der Waals surface area (Å²) in [4.78, 5) is 3.42. The monoisotopic (exact) mass is 308 g/mol. The number of benzene rings is 1. The highest BCUT2D eigenvalue weighted by molar-refractivity contribution is 5.38. The first-order valence-electron chi connectivity index (χ1n) is 7.26. The van der Waals surface area contributed by atoms with E-state index in [9.17, 15) is 13.2 Å². The highest BCUT2D eigenvalue weighted by atomic mass is 19.4. The minimum atomic E-state index is -4.47.